The van der Waals surface area contributed by atoms with Crippen LogP contribution in [-0.4, -0.2) is 46.4 Å². The summed E-state index contributed by atoms with van der Waals surface area (Å²) >= 11 is 0. The number of anilines is 1. The van der Waals surface area contributed by atoms with Gasteiger partial charge in [0.1, 0.15) is 6.07 Å². The third-order valence-electron chi connectivity index (χ3n) is 4.74. The second kappa shape index (κ2) is 8.14. The Morgan fingerprint density at radius 2 is 2.00 bits per heavy atom. The summed E-state index contributed by atoms with van der Waals surface area (Å²) in [5.74, 6) is 0.913. The monoisotopic (exact) mass is 365 g/mol. The first-order chi connectivity index (χ1) is 13.0. The second-order valence-electron chi connectivity index (χ2n) is 7.11. The topological polar surface area (TPSA) is 102 Å². The zero-order valence-electron chi connectivity index (χ0n) is 15.5. The van der Waals surface area contributed by atoms with Crippen LogP contribution in [0.5, 0.6) is 0 Å². The first-order valence-electron chi connectivity index (χ1n) is 9.01. The van der Waals surface area contributed by atoms with Gasteiger partial charge >= 0.3 is 0 Å². The lowest BCUT2D eigenvalue weighted by atomic mass is 10.0. The van der Waals surface area contributed by atoms with Crippen LogP contribution in [0.15, 0.2) is 36.4 Å². The van der Waals surface area contributed by atoms with E-state index >= 15 is 0 Å². The van der Waals surface area contributed by atoms with E-state index < -0.39 is 6.10 Å². The van der Waals surface area contributed by atoms with Crippen LogP contribution in [0, 0.1) is 11.3 Å². The van der Waals surface area contributed by atoms with Crippen molar-refractivity contribution in [3.63, 3.8) is 0 Å². The Hall–Kier alpha value is -2.98. The molecule has 0 radical (unpaired) electrons. The lowest BCUT2D eigenvalue weighted by Gasteiger charge is -2.17. The van der Waals surface area contributed by atoms with Gasteiger partial charge in [0, 0.05) is 13.1 Å². The molecular weight excluding hydrogens is 342 g/mol. The molecule has 27 heavy (non-hydrogen) atoms. The standard InChI is InChI=1S/C20H23N5O2/c1-13(2)15-5-3-14(4-6-15)9-20(27)22-17-11-25(12-18(17)26)19-8-7-16(10-21)23-24-19/h3-8,13,17-18,26H,9,11-12H2,1-2H3,(H,22,27)/t17-,18+/m0/s1. The average molecular weight is 365 g/mol. The second-order valence-corrected chi connectivity index (χ2v) is 7.11. The maximum absolute atomic E-state index is 12.4. The van der Waals surface area contributed by atoms with Gasteiger partial charge < -0.3 is 15.3 Å². The molecule has 0 aliphatic carbocycles. The summed E-state index contributed by atoms with van der Waals surface area (Å²) in [6.45, 7) is 5.06. The number of nitrogens with zero attached hydrogens (tertiary/aromatic N) is 4. The predicted molar refractivity (Wildman–Crippen MR) is 101 cm³/mol. The number of benzene rings is 1. The van der Waals surface area contributed by atoms with E-state index in [0.29, 0.717) is 24.8 Å². The van der Waals surface area contributed by atoms with Crippen molar-refractivity contribution in [2.24, 2.45) is 0 Å². The number of rotatable bonds is 5. The molecule has 2 heterocycles. The molecule has 7 nitrogen and oxygen atoms in total. The molecule has 7 heteroatoms. The third-order valence-corrected chi connectivity index (χ3v) is 4.74. The van der Waals surface area contributed by atoms with E-state index in [1.165, 1.54) is 5.56 Å². The van der Waals surface area contributed by atoms with E-state index in [2.05, 4.69) is 29.4 Å². The molecule has 140 valence electrons. The van der Waals surface area contributed by atoms with Gasteiger partial charge in [0.05, 0.1) is 18.6 Å². The molecule has 0 saturated carbocycles. The average Bonchev–Trinajstić information content (AvgIpc) is 3.02. The molecule has 1 aromatic carbocycles. The first kappa shape index (κ1) is 18.8. The molecule has 2 atom stereocenters. The fourth-order valence-corrected chi connectivity index (χ4v) is 3.13. The van der Waals surface area contributed by atoms with Crippen molar-refractivity contribution in [2.45, 2.75) is 38.3 Å². The summed E-state index contributed by atoms with van der Waals surface area (Å²) < 4.78 is 0. The first-order valence-corrected chi connectivity index (χ1v) is 9.01. The maximum atomic E-state index is 12.4. The molecule has 3 rings (SSSR count). The van der Waals surface area contributed by atoms with Gasteiger partial charge in [0.15, 0.2) is 11.5 Å². The number of aliphatic hydroxyl groups excluding tert-OH is 1. The molecular formula is C20H23N5O2. The zero-order chi connectivity index (χ0) is 19.4. The summed E-state index contributed by atoms with van der Waals surface area (Å²) in [5.41, 5.74) is 2.43. The van der Waals surface area contributed by atoms with Gasteiger partial charge in [-0.1, -0.05) is 38.1 Å². The Balaban J connectivity index is 1.56. The number of nitrogens with one attached hydrogen (secondary N) is 1. The quantitative estimate of drug-likeness (QED) is 0.830. The van der Waals surface area contributed by atoms with Crippen molar-refractivity contribution >= 4 is 11.7 Å². The lowest BCUT2D eigenvalue weighted by molar-refractivity contribution is -0.121. The Kier molecular flexibility index (Phi) is 5.67. The van der Waals surface area contributed by atoms with Crippen LogP contribution >= 0.6 is 0 Å². The number of aliphatic hydroxyl groups is 1. The minimum absolute atomic E-state index is 0.121. The predicted octanol–water partition coefficient (Wildman–Crippen LogP) is 1.38. The smallest absolute Gasteiger partial charge is 0.224 e. The molecule has 1 aliphatic rings. The highest BCUT2D eigenvalue weighted by atomic mass is 16.3. The van der Waals surface area contributed by atoms with Crippen molar-refractivity contribution in [1.29, 1.82) is 5.26 Å². The normalized spacial score (nSPS) is 19.1. The van der Waals surface area contributed by atoms with E-state index in [1.807, 2.05) is 35.2 Å². The minimum atomic E-state index is -0.685. The zero-order valence-corrected chi connectivity index (χ0v) is 15.5. The van der Waals surface area contributed by atoms with Gasteiger partial charge in [-0.3, -0.25) is 4.79 Å². The molecule has 0 spiro atoms. The maximum Gasteiger partial charge on any atom is 0.224 e. The van der Waals surface area contributed by atoms with Crippen molar-refractivity contribution in [3.8, 4) is 6.07 Å². The van der Waals surface area contributed by atoms with Gasteiger partial charge in [0.25, 0.3) is 0 Å². The summed E-state index contributed by atoms with van der Waals surface area (Å²) in [4.78, 5) is 14.2. The van der Waals surface area contributed by atoms with E-state index in [1.54, 1.807) is 12.1 Å². The Labute approximate surface area is 158 Å². The van der Waals surface area contributed by atoms with Crippen molar-refractivity contribution < 1.29 is 9.90 Å². The molecule has 1 saturated heterocycles. The minimum Gasteiger partial charge on any atom is -0.389 e. The number of hydrogen-bond donors (Lipinski definition) is 2. The van der Waals surface area contributed by atoms with Crippen molar-refractivity contribution in [2.75, 3.05) is 18.0 Å². The van der Waals surface area contributed by atoms with E-state index in [4.69, 9.17) is 5.26 Å². The molecule has 1 fully saturated rings. The van der Waals surface area contributed by atoms with Gasteiger partial charge in [-0.25, -0.2) is 0 Å². The summed E-state index contributed by atoms with van der Waals surface area (Å²) in [7, 11) is 0. The van der Waals surface area contributed by atoms with E-state index in [0.717, 1.165) is 5.56 Å². The highest BCUT2D eigenvalue weighted by Gasteiger charge is 2.33. The summed E-state index contributed by atoms with van der Waals surface area (Å²) in [6.07, 6.45) is -0.409. The number of nitriles is 1. The number of carbonyl (C=O) groups is 1. The molecule has 1 aliphatic heterocycles. The Bertz CT molecular complexity index is 827. The number of aromatic nitrogens is 2. The third kappa shape index (κ3) is 4.60. The van der Waals surface area contributed by atoms with Crippen LogP contribution in [0.1, 0.15) is 36.6 Å². The van der Waals surface area contributed by atoms with Crippen LogP contribution in [0.4, 0.5) is 5.82 Å². The SMILES string of the molecule is CC(C)c1ccc(CC(=O)N[C@H]2CN(c3ccc(C#N)nn3)C[C@H]2O)cc1. The number of β-amino-alcohol motifs (C(OH)–C–C–N with tert-alkyl or cyclic N) is 1. The highest BCUT2D eigenvalue weighted by molar-refractivity contribution is 5.79. The molecule has 1 aromatic heterocycles. The van der Waals surface area contributed by atoms with Crippen LogP contribution in [0.2, 0.25) is 0 Å². The van der Waals surface area contributed by atoms with Gasteiger partial charge in [-0.05, 0) is 29.2 Å². The number of hydrogen-bond acceptors (Lipinski definition) is 6. The fraction of sp³-hybridized carbons (Fsp3) is 0.400. The molecule has 2 N–H and O–H groups in total. The summed E-state index contributed by atoms with van der Waals surface area (Å²) in [6, 6.07) is 12.9. The van der Waals surface area contributed by atoms with Gasteiger partial charge in [0.2, 0.25) is 5.91 Å². The molecule has 0 unspecified atom stereocenters. The van der Waals surface area contributed by atoms with Crippen molar-refractivity contribution in [3.05, 3.63) is 53.2 Å². The van der Waals surface area contributed by atoms with Crippen LogP contribution in [0.25, 0.3) is 0 Å². The van der Waals surface area contributed by atoms with Gasteiger partial charge in [-0.2, -0.15) is 5.26 Å². The lowest BCUT2D eigenvalue weighted by Crippen LogP contribution is -2.43. The largest absolute Gasteiger partial charge is 0.389 e. The summed E-state index contributed by atoms with van der Waals surface area (Å²) in [5, 5.41) is 29.8. The molecule has 0 bridgehead atoms. The number of carbonyl (C=O) groups excluding carboxylic acids is 1. The van der Waals surface area contributed by atoms with Crippen LogP contribution < -0.4 is 10.2 Å². The van der Waals surface area contributed by atoms with Gasteiger partial charge in [-0.15, -0.1) is 10.2 Å². The Morgan fingerprint density at radius 1 is 1.26 bits per heavy atom. The van der Waals surface area contributed by atoms with Crippen molar-refractivity contribution in [1.82, 2.24) is 15.5 Å². The Morgan fingerprint density at radius 3 is 2.59 bits per heavy atom. The molecule has 1 amide bonds. The van der Waals surface area contributed by atoms with E-state index in [-0.39, 0.29) is 24.1 Å². The highest BCUT2D eigenvalue weighted by Crippen LogP contribution is 2.18. The van der Waals surface area contributed by atoms with E-state index in [9.17, 15) is 9.90 Å². The molecule has 2 aromatic rings. The van der Waals surface area contributed by atoms with Crippen LogP contribution in [-0.2, 0) is 11.2 Å². The van der Waals surface area contributed by atoms with Crippen LogP contribution in [0.3, 0.4) is 0 Å². The number of amides is 1. The fourth-order valence-electron chi connectivity index (χ4n) is 3.13.